The van der Waals surface area contributed by atoms with Crippen LogP contribution in [0.2, 0.25) is 0 Å². The first-order valence-corrected chi connectivity index (χ1v) is 6.16. The highest BCUT2D eigenvalue weighted by Gasteiger charge is 2.19. The zero-order valence-electron chi connectivity index (χ0n) is 8.79. The summed E-state index contributed by atoms with van der Waals surface area (Å²) in [5.74, 6) is 1.94. The average molecular weight is 207 g/mol. The fourth-order valence-electron chi connectivity index (χ4n) is 1.92. The van der Waals surface area contributed by atoms with E-state index in [0.29, 0.717) is 5.92 Å². The van der Waals surface area contributed by atoms with Gasteiger partial charge in [-0.05, 0) is 36.5 Å². The smallest absolute Gasteiger partial charge is 0.0107 e. The Morgan fingerprint density at radius 2 is 2.36 bits per heavy atom. The molecule has 0 saturated heterocycles. The Kier molecular flexibility index (Phi) is 2.84. The Morgan fingerprint density at radius 3 is 3.07 bits per heavy atom. The van der Waals surface area contributed by atoms with E-state index in [1.807, 2.05) is 11.8 Å². The van der Waals surface area contributed by atoms with Crippen LogP contribution in [0.25, 0.3) is 0 Å². The molecule has 2 atom stereocenters. The summed E-state index contributed by atoms with van der Waals surface area (Å²) in [5.41, 5.74) is 8.70. The van der Waals surface area contributed by atoms with Gasteiger partial charge in [0.15, 0.2) is 0 Å². The van der Waals surface area contributed by atoms with Crippen molar-refractivity contribution in [3.8, 4) is 0 Å². The zero-order chi connectivity index (χ0) is 10.1. The molecule has 0 saturated carbocycles. The van der Waals surface area contributed by atoms with Gasteiger partial charge in [-0.25, -0.2) is 0 Å². The van der Waals surface area contributed by atoms with Gasteiger partial charge in [0.2, 0.25) is 0 Å². The fraction of sp³-hybridized carbons (Fsp3) is 0.500. The lowest BCUT2D eigenvalue weighted by Crippen LogP contribution is -2.17. The van der Waals surface area contributed by atoms with Gasteiger partial charge in [0.25, 0.3) is 0 Å². The van der Waals surface area contributed by atoms with Crippen LogP contribution in [0.3, 0.4) is 0 Å². The topological polar surface area (TPSA) is 26.0 Å². The fourth-order valence-corrected chi connectivity index (χ4v) is 3.12. The highest BCUT2D eigenvalue weighted by molar-refractivity contribution is 7.99. The lowest BCUT2D eigenvalue weighted by Gasteiger charge is -2.09. The second-order valence-corrected chi connectivity index (χ2v) is 5.33. The Labute approximate surface area is 90.1 Å². The molecule has 14 heavy (non-hydrogen) atoms. The van der Waals surface area contributed by atoms with Crippen LogP contribution < -0.4 is 5.73 Å². The Hall–Kier alpha value is -0.470. The number of nitrogens with two attached hydrogens (primary N) is 1. The van der Waals surface area contributed by atoms with Crippen LogP contribution in [-0.4, -0.2) is 11.8 Å². The van der Waals surface area contributed by atoms with Crippen LogP contribution in [0.15, 0.2) is 23.1 Å². The van der Waals surface area contributed by atoms with Gasteiger partial charge >= 0.3 is 0 Å². The molecule has 1 aliphatic heterocycles. The molecule has 2 heteroatoms. The molecule has 0 radical (unpaired) electrons. The van der Waals surface area contributed by atoms with E-state index in [4.69, 9.17) is 5.73 Å². The predicted octanol–water partition coefficient (Wildman–Crippen LogP) is 2.79. The number of rotatable bonds is 2. The van der Waals surface area contributed by atoms with Gasteiger partial charge in [0.05, 0.1) is 0 Å². The third kappa shape index (κ3) is 1.96. The highest BCUT2D eigenvalue weighted by atomic mass is 32.2. The van der Waals surface area contributed by atoms with Crippen LogP contribution in [0.1, 0.15) is 30.9 Å². The van der Waals surface area contributed by atoms with Gasteiger partial charge in [-0.1, -0.05) is 19.1 Å². The van der Waals surface area contributed by atoms with Gasteiger partial charge in [-0.3, -0.25) is 0 Å². The molecule has 1 heterocycles. The summed E-state index contributed by atoms with van der Waals surface area (Å²) in [6.45, 7) is 4.36. The number of hydrogen-bond acceptors (Lipinski definition) is 2. The average Bonchev–Trinajstić information content (AvgIpc) is 2.47. The SMILES string of the molecule is CC(N)Cc1ccc2c(c1)C(C)CS2. The summed E-state index contributed by atoms with van der Waals surface area (Å²) in [6.07, 6.45) is 0.991. The first-order chi connectivity index (χ1) is 6.66. The van der Waals surface area contributed by atoms with Crippen molar-refractivity contribution in [1.29, 1.82) is 0 Å². The molecule has 0 aliphatic carbocycles. The summed E-state index contributed by atoms with van der Waals surface area (Å²) in [7, 11) is 0. The van der Waals surface area contributed by atoms with E-state index in [1.165, 1.54) is 21.8 Å². The number of benzene rings is 1. The summed E-state index contributed by atoms with van der Waals surface area (Å²) in [4.78, 5) is 1.46. The second-order valence-electron chi connectivity index (χ2n) is 4.27. The van der Waals surface area contributed by atoms with Crippen molar-refractivity contribution < 1.29 is 0 Å². The zero-order valence-corrected chi connectivity index (χ0v) is 9.60. The normalized spacial score (nSPS) is 22.1. The van der Waals surface area contributed by atoms with Gasteiger partial charge in [-0.2, -0.15) is 0 Å². The van der Waals surface area contributed by atoms with E-state index in [1.54, 1.807) is 0 Å². The molecule has 0 bridgehead atoms. The number of thioether (sulfide) groups is 1. The second kappa shape index (κ2) is 3.95. The third-order valence-electron chi connectivity index (χ3n) is 2.65. The molecule has 2 unspecified atom stereocenters. The molecule has 76 valence electrons. The van der Waals surface area contributed by atoms with E-state index in [0.717, 1.165) is 6.42 Å². The molecular formula is C12H17NS. The minimum atomic E-state index is 0.261. The molecule has 1 aromatic rings. The Balaban J connectivity index is 2.26. The van der Waals surface area contributed by atoms with Crippen molar-refractivity contribution in [1.82, 2.24) is 0 Å². The van der Waals surface area contributed by atoms with Crippen molar-refractivity contribution in [2.75, 3.05) is 5.75 Å². The molecule has 0 spiro atoms. The maximum atomic E-state index is 5.80. The molecule has 0 aromatic heterocycles. The van der Waals surface area contributed by atoms with Crippen molar-refractivity contribution in [3.63, 3.8) is 0 Å². The molecule has 1 nitrogen and oxygen atoms in total. The van der Waals surface area contributed by atoms with Crippen LogP contribution in [-0.2, 0) is 6.42 Å². The van der Waals surface area contributed by atoms with Crippen molar-refractivity contribution >= 4 is 11.8 Å². The van der Waals surface area contributed by atoms with Crippen LogP contribution in [0.4, 0.5) is 0 Å². The Morgan fingerprint density at radius 1 is 1.57 bits per heavy atom. The van der Waals surface area contributed by atoms with Crippen LogP contribution in [0.5, 0.6) is 0 Å². The van der Waals surface area contributed by atoms with Crippen molar-refractivity contribution in [2.45, 2.75) is 37.1 Å². The standard InChI is InChI=1S/C12H17NS/c1-8-7-14-12-4-3-10(5-9(2)13)6-11(8)12/h3-4,6,8-9H,5,7,13H2,1-2H3. The van der Waals surface area contributed by atoms with Crippen molar-refractivity contribution in [3.05, 3.63) is 29.3 Å². The summed E-state index contributed by atoms with van der Waals surface area (Å²) < 4.78 is 0. The van der Waals surface area contributed by atoms with Gasteiger partial charge in [0, 0.05) is 16.7 Å². The largest absolute Gasteiger partial charge is 0.328 e. The third-order valence-corrected chi connectivity index (χ3v) is 4.00. The van der Waals surface area contributed by atoms with Crippen LogP contribution in [0, 0.1) is 0 Å². The predicted molar refractivity (Wildman–Crippen MR) is 62.9 cm³/mol. The maximum absolute atomic E-state index is 5.80. The van der Waals surface area contributed by atoms with E-state index in [-0.39, 0.29) is 6.04 Å². The minimum Gasteiger partial charge on any atom is -0.328 e. The Bertz CT molecular complexity index is 333. The number of fused-ring (bicyclic) bond motifs is 1. The number of hydrogen-bond donors (Lipinski definition) is 1. The first kappa shape index (κ1) is 10.1. The van der Waals surface area contributed by atoms with Gasteiger partial charge in [-0.15, -0.1) is 11.8 Å². The monoisotopic (exact) mass is 207 g/mol. The van der Waals surface area contributed by atoms with E-state index >= 15 is 0 Å². The molecule has 1 aliphatic rings. The summed E-state index contributed by atoms with van der Waals surface area (Å²) in [6, 6.07) is 7.06. The van der Waals surface area contributed by atoms with E-state index in [2.05, 4.69) is 32.0 Å². The summed E-state index contributed by atoms with van der Waals surface area (Å²) in [5, 5.41) is 0. The van der Waals surface area contributed by atoms with Crippen LogP contribution >= 0.6 is 11.8 Å². The van der Waals surface area contributed by atoms with E-state index < -0.39 is 0 Å². The van der Waals surface area contributed by atoms with Gasteiger partial charge in [0.1, 0.15) is 0 Å². The highest BCUT2D eigenvalue weighted by Crippen LogP contribution is 2.39. The molecule has 1 aromatic carbocycles. The summed E-state index contributed by atoms with van der Waals surface area (Å²) >= 11 is 1.97. The quantitative estimate of drug-likeness (QED) is 0.807. The minimum absolute atomic E-state index is 0.261. The van der Waals surface area contributed by atoms with E-state index in [9.17, 15) is 0 Å². The lowest BCUT2D eigenvalue weighted by atomic mass is 9.98. The molecule has 2 N–H and O–H groups in total. The molecule has 0 fully saturated rings. The maximum Gasteiger partial charge on any atom is 0.0107 e. The molecular weight excluding hydrogens is 190 g/mol. The van der Waals surface area contributed by atoms with Gasteiger partial charge < -0.3 is 5.73 Å². The molecule has 2 rings (SSSR count). The van der Waals surface area contributed by atoms with Crippen molar-refractivity contribution in [2.24, 2.45) is 5.73 Å². The first-order valence-electron chi connectivity index (χ1n) is 5.18. The lowest BCUT2D eigenvalue weighted by molar-refractivity contribution is 0.735. The molecule has 0 amide bonds.